The number of hydrogen-bond acceptors (Lipinski definition) is 2. The summed E-state index contributed by atoms with van der Waals surface area (Å²) in [4.78, 5) is 28.3. The zero-order chi connectivity index (χ0) is 15.8. The molecule has 1 aliphatic heterocycles. The Bertz CT molecular complexity index is 359. The van der Waals surface area contributed by atoms with E-state index in [1.807, 2.05) is 9.80 Å². The highest BCUT2D eigenvalue weighted by molar-refractivity contribution is 5.79. The molecule has 126 valence electrons. The van der Waals surface area contributed by atoms with Crippen molar-refractivity contribution >= 4 is 11.9 Å². The summed E-state index contributed by atoms with van der Waals surface area (Å²) < 4.78 is 0. The van der Waals surface area contributed by atoms with Gasteiger partial charge in [-0.2, -0.15) is 0 Å². The van der Waals surface area contributed by atoms with Gasteiger partial charge in [-0.15, -0.1) is 0 Å². The standard InChI is InChI=1S/C17H31N3O2/c1-2-3-7-10-18-17(22)20-13-11-19(12-14-20)16(21)15-8-5-4-6-9-15/h15H,2-14H2,1H3,(H,18,22). The molecule has 0 aromatic rings. The molecule has 2 fully saturated rings. The average Bonchev–Trinajstić information content (AvgIpc) is 2.59. The lowest BCUT2D eigenvalue weighted by molar-refractivity contribution is -0.138. The van der Waals surface area contributed by atoms with Crippen LogP contribution in [0.4, 0.5) is 4.79 Å². The summed E-state index contributed by atoms with van der Waals surface area (Å²) in [6.45, 7) is 5.63. The molecule has 0 aromatic carbocycles. The van der Waals surface area contributed by atoms with E-state index in [2.05, 4.69) is 12.2 Å². The summed E-state index contributed by atoms with van der Waals surface area (Å²) in [7, 11) is 0. The van der Waals surface area contributed by atoms with E-state index in [1.54, 1.807) is 0 Å². The Morgan fingerprint density at radius 3 is 2.23 bits per heavy atom. The molecule has 1 heterocycles. The molecule has 0 bridgehead atoms. The molecule has 22 heavy (non-hydrogen) atoms. The van der Waals surface area contributed by atoms with Crippen molar-refractivity contribution in [3.05, 3.63) is 0 Å². The summed E-state index contributed by atoms with van der Waals surface area (Å²) in [6, 6.07) is 0.0286. The first-order valence-electron chi connectivity index (χ1n) is 9.04. The first-order valence-corrected chi connectivity index (χ1v) is 9.04. The van der Waals surface area contributed by atoms with Crippen molar-refractivity contribution in [2.24, 2.45) is 5.92 Å². The average molecular weight is 309 g/mol. The third kappa shape index (κ3) is 4.89. The Morgan fingerprint density at radius 1 is 0.955 bits per heavy atom. The van der Waals surface area contributed by atoms with Crippen molar-refractivity contribution in [1.29, 1.82) is 0 Å². The van der Waals surface area contributed by atoms with Crippen molar-refractivity contribution in [2.45, 2.75) is 58.3 Å². The lowest BCUT2D eigenvalue weighted by Crippen LogP contribution is -2.54. The highest BCUT2D eigenvalue weighted by Gasteiger charge is 2.29. The van der Waals surface area contributed by atoms with Crippen molar-refractivity contribution in [2.75, 3.05) is 32.7 Å². The van der Waals surface area contributed by atoms with Gasteiger partial charge in [0, 0.05) is 38.6 Å². The fraction of sp³-hybridized carbons (Fsp3) is 0.882. The van der Waals surface area contributed by atoms with Gasteiger partial charge in [0.1, 0.15) is 0 Å². The SMILES string of the molecule is CCCCCNC(=O)N1CCN(C(=O)C2CCCCC2)CC1. The van der Waals surface area contributed by atoms with Crippen LogP contribution in [0.15, 0.2) is 0 Å². The summed E-state index contributed by atoms with van der Waals surface area (Å²) >= 11 is 0. The molecule has 0 radical (unpaired) electrons. The molecule has 0 spiro atoms. The molecular weight excluding hydrogens is 278 g/mol. The molecule has 2 rings (SSSR count). The second-order valence-corrected chi connectivity index (χ2v) is 6.59. The third-order valence-electron chi connectivity index (χ3n) is 4.89. The maximum Gasteiger partial charge on any atom is 0.317 e. The largest absolute Gasteiger partial charge is 0.339 e. The monoisotopic (exact) mass is 309 g/mol. The van der Waals surface area contributed by atoms with E-state index in [0.29, 0.717) is 32.1 Å². The minimum absolute atomic E-state index is 0.0286. The number of amides is 3. The number of nitrogens with one attached hydrogen (secondary N) is 1. The van der Waals surface area contributed by atoms with Crippen LogP contribution in [0.25, 0.3) is 0 Å². The van der Waals surface area contributed by atoms with Gasteiger partial charge >= 0.3 is 6.03 Å². The van der Waals surface area contributed by atoms with Gasteiger partial charge in [-0.1, -0.05) is 39.0 Å². The predicted octanol–water partition coefficient (Wildman–Crippen LogP) is 2.61. The number of carbonyl (C=O) groups is 2. The second-order valence-electron chi connectivity index (χ2n) is 6.59. The van der Waals surface area contributed by atoms with Gasteiger partial charge in [0.15, 0.2) is 0 Å². The normalized spacial score (nSPS) is 20.0. The quantitative estimate of drug-likeness (QED) is 0.794. The number of rotatable bonds is 5. The van der Waals surface area contributed by atoms with Crippen LogP contribution in [0.1, 0.15) is 58.3 Å². The first kappa shape index (κ1) is 17.1. The van der Waals surface area contributed by atoms with Crippen LogP contribution in [0.3, 0.4) is 0 Å². The molecule has 0 atom stereocenters. The highest BCUT2D eigenvalue weighted by Crippen LogP contribution is 2.25. The van der Waals surface area contributed by atoms with Crippen LogP contribution in [0.2, 0.25) is 0 Å². The second kappa shape index (κ2) is 9.01. The van der Waals surface area contributed by atoms with E-state index < -0.39 is 0 Å². The zero-order valence-corrected chi connectivity index (χ0v) is 14.0. The lowest BCUT2D eigenvalue weighted by Gasteiger charge is -2.37. The number of unbranched alkanes of at least 4 members (excludes halogenated alkanes) is 2. The topological polar surface area (TPSA) is 52.7 Å². The molecule has 0 aromatic heterocycles. The van der Waals surface area contributed by atoms with E-state index >= 15 is 0 Å². The lowest BCUT2D eigenvalue weighted by atomic mass is 9.88. The van der Waals surface area contributed by atoms with Gasteiger partial charge in [-0.25, -0.2) is 4.79 Å². The summed E-state index contributed by atoms with van der Waals surface area (Å²) in [5, 5.41) is 2.98. The van der Waals surface area contributed by atoms with Crippen LogP contribution in [-0.4, -0.2) is 54.5 Å². The van der Waals surface area contributed by atoms with Crippen LogP contribution < -0.4 is 5.32 Å². The number of hydrogen-bond donors (Lipinski definition) is 1. The Kier molecular flexibility index (Phi) is 7.00. The van der Waals surface area contributed by atoms with Gasteiger partial charge in [0.05, 0.1) is 0 Å². The summed E-state index contributed by atoms with van der Waals surface area (Å²) in [5.41, 5.74) is 0. The van der Waals surface area contributed by atoms with Crippen LogP contribution in [0.5, 0.6) is 0 Å². The van der Waals surface area contributed by atoms with Crippen LogP contribution >= 0.6 is 0 Å². The summed E-state index contributed by atoms with van der Waals surface area (Å²) in [6.07, 6.45) is 9.13. The van der Waals surface area contributed by atoms with Crippen molar-refractivity contribution in [3.8, 4) is 0 Å². The Morgan fingerprint density at radius 2 is 1.59 bits per heavy atom. The Balaban J connectivity index is 1.68. The molecule has 1 saturated carbocycles. The van der Waals surface area contributed by atoms with E-state index in [4.69, 9.17) is 0 Å². The van der Waals surface area contributed by atoms with Gasteiger partial charge in [-0.3, -0.25) is 4.79 Å². The maximum atomic E-state index is 12.5. The molecule has 1 saturated heterocycles. The molecular formula is C17H31N3O2. The fourth-order valence-electron chi connectivity index (χ4n) is 3.42. The van der Waals surface area contributed by atoms with Crippen molar-refractivity contribution < 1.29 is 9.59 Å². The van der Waals surface area contributed by atoms with Crippen molar-refractivity contribution in [1.82, 2.24) is 15.1 Å². The number of nitrogens with zero attached hydrogens (tertiary/aromatic N) is 2. The van der Waals surface area contributed by atoms with E-state index in [1.165, 1.54) is 19.3 Å². The highest BCUT2D eigenvalue weighted by atomic mass is 16.2. The molecule has 3 amide bonds. The molecule has 5 nitrogen and oxygen atoms in total. The fourth-order valence-corrected chi connectivity index (χ4v) is 3.42. The van der Waals surface area contributed by atoms with Crippen molar-refractivity contribution in [3.63, 3.8) is 0 Å². The van der Waals surface area contributed by atoms with Crippen LogP contribution in [-0.2, 0) is 4.79 Å². The first-order chi connectivity index (χ1) is 10.7. The Hall–Kier alpha value is -1.26. The van der Waals surface area contributed by atoms with Crippen LogP contribution in [0, 0.1) is 5.92 Å². The third-order valence-corrected chi connectivity index (χ3v) is 4.89. The van der Waals surface area contributed by atoms with Gasteiger partial charge in [0.25, 0.3) is 0 Å². The number of piperazine rings is 1. The van der Waals surface area contributed by atoms with Gasteiger partial charge < -0.3 is 15.1 Å². The zero-order valence-electron chi connectivity index (χ0n) is 14.0. The molecule has 1 aliphatic carbocycles. The van der Waals surface area contributed by atoms with E-state index in [0.717, 1.165) is 38.6 Å². The molecule has 1 N–H and O–H groups in total. The van der Waals surface area contributed by atoms with E-state index in [9.17, 15) is 9.59 Å². The Labute approximate surface area is 134 Å². The van der Waals surface area contributed by atoms with Gasteiger partial charge in [-0.05, 0) is 19.3 Å². The minimum atomic E-state index is 0.0286. The molecule has 2 aliphatic rings. The smallest absolute Gasteiger partial charge is 0.317 e. The molecule has 5 heteroatoms. The van der Waals surface area contributed by atoms with E-state index in [-0.39, 0.29) is 11.9 Å². The molecule has 0 unspecified atom stereocenters. The number of urea groups is 1. The van der Waals surface area contributed by atoms with Gasteiger partial charge in [0.2, 0.25) is 5.91 Å². The predicted molar refractivity (Wildman–Crippen MR) is 87.7 cm³/mol. The maximum absolute atomic E-state index is 12.5. The number of carbonyl (C=O) groups excluding carboxylic acids is 2. The minimum Gasteiger partial charge on any atom is -0.339 e. The summed E-state index contributed by atoms with van der Waals surface area (Å²) in [5.74, 6) is 0.561.